The van der Waals surface area contributed by atoms with E-state index in [0.717, 1.165) is 34.6 Å². The fraction of sp³-hybridized carbons (Fsp3) is 0.718. The molecule has 1 saturated heterocycles. The van der Waals surface area contributed by atoms with Gasteiger partial charge in [0.1, 0.15) is 30.3 Å². The number of aliphatic hydroxyl groups is 1. The van der Waals surface area contributed by atoms with Gasteiger partial charge in [0.25, 0.3) is 11.8 Å². The van der Waals surface area contributed by atoms with Gasteiger partial charge in [-0.25, -0.2) is 0 Å². The number of β-amino-alcohol motifs (C(OH)–C–C–N with tert-alkyl or cyclic N) is 1. The van der Waals surface area contributed by atoms with Gasteiger partial charge in [-0.1, -0.05) is 71.6 Å². The summed E-state index contributed by atoms with van der Waals surface area (Å²) < 4.78 is 5.39. The Morgan fingerprint density at radius 1 is 1.02 bits per heavy atom. The van der Waals surface area contributed by atoms with Crippen LogP contribution in [0.1, 0.15) is 101 Å². The molecule has 0 bridgehead atoms. The summed E-state index contributed by atoms with van der Waals surface area (Å²) in [5, 5.41) is 13.3. The monoisotopic (exact) mass is 745 g/mol. The summed E-state index contributed by atoms with van der Waals surface area (Å²) in [4.78, 5) is 99.3. The number of rotatable bonds is 17. The number of carbonyl (C=O) groups excluding carboxylic acids is 7. The molecule has 53 heavy (non-hydrogen) atoms. The average molecular weight is 746 g/mol. The van der Waals surface area contributed by atoms with Crippen LogP contribution in [-0.2, 0) is 38.3 Å². The maximum Gasteiger partial charge on any atom is 0.302 e. The molecule has 0 saturated carbocycles. The molecule has 6 amide bonds. The molecule has 2 aliphatic heterocycles. The first-order valence-corrected chi connectivity index (χ1v) is 18.8. The predicted molar refractivity (Wildman–Crippen MR) is 200 cm³/mol. The molecule has 0 aromatic heterocycles. The van der Waals surface area contributed by atoms with Crippen LogP contribution in [0.2, 0.25) is 0 Å². The van der Waals surface area contributed by atoms with Gasteiger partial charge in [-0.05, 0) is 46.0 Å². The van der Waals surface area contributed by atoms with E-state index in [-0.39, 0.29) is 24.8 Å². The van der Waals surface area contributed by atoms with Crippen LogP contribution in [0.15, 0.2) is 23.8 Å². The average Bonchev–Trinajstić information content (AvgIpc) is 3.63. The first kappa shape index (κ1) is 45.1. The predicted octanol–water partition coefficient (Wildman–Crippen LogP) is 2.83. The van der Waals surface area contributed by atoms with Crippen molar-refractivity contribution in [2.24, 2.45) is 17.8 Å². The summed E-state index contributed by atoms with van der Waals surface area (Å²) in [7, 11) is 2.92. The maximum atomic E-state index is 14.4. The molecule has 2 rings (SSSR count). The second kappa shape index (κ2) is 19.8. The lowest BCUT2D eigenvalue weighted by Gasteiger charge is -2.38. The van der Waals surface area contributed by atoms with E-state index < -0.39 is 83.8 Å². The molecular formula is C39H63N5O9. The van der Waals surface area contributed by atoms with E-state index in [4.69, 9.17) is 4.74 Å². The van der Waals surface area contributed by atoms with E-state index in [1.54, 1.807) is 53.8 Å². The zero-order valence-corrected chi connectivity index (χ0v) is 33.8. The van der Waals surface area contributed by atoms with Gasteiger partial charge in [0.15, 0.2) is 0 Å². The maximum absolute atomic E-state index is 14.4. The Hall–Kier alpha value is -4.07. The molecule has 0 aromatic rings. The molecule has 0 unspecified atom stereocenters. The Morgan fingerprint density at radius 3 is 2.15 bits per heavy atom. The van der Waals surface area contributed by atoms with Gasteiger partial charge in [0.2, 0.25) is 23.6 Å². The highest BCUT2D eigenvalue weighted by molar-refractivity contribution is 6.06. The Bertz CT molecular complexity index is 1420. The molecule has 0 aromatic carbocycles. The molecule has 2 aliphatic rings. The van der Waals surface area contributed by atoms with Crippen molar-refractivity contribution in [3.8, 4) is 0 Å². The number of imide groups is 1. The Balaban J connectivity index is 2.43. The number of ether oxygens (including phenoxy) is 1. The second-order valence-electron chi connectivity index (χ2n) is 15.5. The van der Waals surface area contributed by atoms with Gasteiger partial charge in [0.05, 0.1) is 12.1 Å². The van der Waals surface area contributed by atoms with Crippen LogP contribution in [0.3, 0.4) is 0 Å². The van der Waals surface area contributed by atoms with Crippen molar-refractivity contribution in [2.45, 2.75) is 144 Å². The van der Waals surface area contributed by atoms with Gasteiger partial charge >= 0.3 is 5.97 Å². The number of esters is 1. The number of likely N-dealkylation sites (tertiary alicyclic amines) is 1. The van der Waals surface area contributed by atoms with Crippen LogP contribution in [-0.4, -0.2) is 129 Å². The standard InChI is InChI=1S/C39H63N5O9/c1-13-14-15-24(6)19-25(7)36(49)41(11)30(18-22(2)3)35(48)40-33(27(9)53-28(10)45)38(51)42(12)34(23(4)5)39(52)43-21-29(46)20-31(43)37(50)44-26(8)16-17-32(44)47/h16-18,23-27,29-31,33-34,46H,13-15,19-21H2,1-12H3,(H,40,48)/t24-,25-,26+,27-,29+,30+,31+,33+,34+/m1/s1. The molecule has 14 heteroatoms. The molecule has 0 radical (unpaired) electrons. The SMILES string of the molecule is CCCC[C@@H](C)C[C@@H](C)C(=O)N(C)[C@@H](C=C(C)C)C(=O)N[C@H](C(=O)N(C)[C@H](C(=O)N1C[C@@H](O)C[C@H]1C(=O)N1C(=O)C=C[C@@H]1C)C(C)C)[C@@H](C)OC(C)=O. The molecule has 0 aliphatic carbocycles. The number of amides is 6. The van der Waals surface area contributed by atoms with Crippen molar-refractivity contribution in [3.63, 3.8) is 0 Å². The molecule has 2 heterocycles. The Morgan fingerprint density at radius 2 is 1.64 bits per heavy atom. The van der Waals surface area contributed by atoms with Crippen molar-refractivity contribution >= 4 is 41.4 Å². The molecule has 1 fully saturated rings. The first-order valence-electron chi connectivity index (χ1n) is 18.8. The zero-order valence-electron chi connectivity index (χ0n) is 33.8. The minimum atomic E-state index is -1.47. The largest absolute Gasteiger partial charge is 0.460 e. The minimum absolute atomic E-state index is 0.0834. The van der Waals surface area contributed by atoms with E-state index in [0.29, 0.717) is 12.3 Å². The van der Waals surface area contributed by atoms with Gasteiger partial charge in [-0.3, -0.25) is 38.5 Å². The van der Waals surface area contributed by atoms with Crippen molar-refractivity contribution < 1.29 is 43.4 Å². The summed E-state index contributed by atoms with van der Waals surface area (Å²) in [5.74, 6) is -4.70. The third-order valence-corrected chi connectivity index (χ3v) is 10.0. The number of allylic oxidation sites excluding steroid dienone is 1. The van der Waals surface area contributed by atoms with Gasteiger partial charge < -0.3 is 29.9 Å². The Kier molecular flexibility index (Phi) is 16.9. The van der Waals surface area contributed by atoms with Crippen LogP contribution in [0.25, 0.3) is 0 Å². The summed E-state index contributed by atoms with van der Waals surface area (Å²) in [5.41, 5.74) is 0.755. The molecule has 9 atom stereocenters. The van der Waals surface area contributed by atoms with Crippen molar-refractivity contribution in [1.29, 1.82) is 0 Å². The third-order valence-electron chi connectivity index (χ3n) is 10.0. The van der Waals surface area contributed by atoms with Crippen LogP contribution in [0, 0.1) is 17.8 Å². The number of unbranched alkanes of at least 4 members (excludes halogenated alkanes) is 1. The zero-order chi connectivity index (χ0) is 40.5. The fourth-order valence-corrected chi connectivity index (χ4v) is 7.26. The smallest absolute Gasteiger partial charge is 0.302 e. The summed E-state index contributed by atoms with van der Waals surface area (Å²) in [6.45, 7) is 17.2. The number of nitrogens with zero attached hydrogens (tertiary/aromatic N) is 4. The highest BCUT2D eigenvalue weighted by Gasteiger charge is 2.48. The first-order chi connectivity index (χ1) is 24.6. The quantitative estimate of drug-likeness (QED) is 0.129. The van der Waals surface area contributed by atoms with E-state index >= 15 is 0 Å². The van der Waals surface area contributed by atoms with Crippen LogP contribution in [0.4, 0.5) is 0 Å². The molecule has 298 valence electrons. The highest BCUT2D eigenvalue weighted by atomic mass is 16.5. The topological polar surface area (TPSA) is 174 Å². The highest BCUT2D eigenvalue weighted by Crippen LogP contribution is 2.27. The summed E-state index contributed by atoms with van der Waals surface area (Å²) in [6.07, 6.45) is 5.94. The second-order valence-corrected chi connectivity index (χ2v) is 15.5. The molecule has 0 spiro atoms. The lowest BCUT2D eigenvalue weighted by Crippen LogP contribution is -2.62. The minimum Gasteiger partial charge on any atom is -0.460 e. The van der Waals surface area contributed by atoms with Gasteiger partial charge in [0, 0.05) is 46.0 Å². The van der Waals surface area contributed by atoms with Crippen molar-refractivity contribution in [2.75, 3.05) is 20.6 Å². The van der Waals surface area contributed by atoms with E-state index in [2.05, 4.69) is 19.2 Å². The number of hydrogen-bond donors (Lipinski definition) is 2. The lowest BCUT2D eigenvalue weighted by molar-refractivity contribution is -0.157. The van der Waals surface area contributed by atoms with E-state index in [9.17, 15) is 38.7 Å². The third kappa shape index (κ3) is 11.7. The van der Waals surface area contributed by atoms with E-state index in [1.165, 1.54) is 36.8 Å². The van der Waals surface area contributed by atoms with Crippen LogP contribution >= 0.6 is 0 Å². The number of aliphatic hydroxyl groups excluding tert-OH is 1. The number of likely N-dealkylation sites (N-methyl/N-ethyl adjacent to an activating group) is 2. The molecule has 14 nitrogen and oxygen atoms in total. The summed E-state index contributed by atoms with van der Waals surface area (Å²) >= 11 is 0. The van der Waals surface area contributed by atoms with Gasteiger partial charge in [-0.15, -0.1) is 0 Å². The fourth-order valence-electron chi connectivity index (χ4n) is 7.26. The number of nitrogens with one attached hydrogen (secondary N) is 1. The van der Waals surface area contributed by atoms with Crippen LogP contribution in [0.5, 0.6) is 0 Å². The molecular weight excluding hydrogens is 682 g/mol. The number of hydrogen-bond acceptors (Lipinski definition) is 9. The number of carbonyl (C=O) groups is 7. The Labute approximate surface area is 315 Å². The lowest BCUT2D eigenvalue weighted by atomic mass is 9.92. The summed E-state index contributed by atoms with van der Waals surface area (Å²) in [6, 6.07) is -5.41. The van der Waals surface area contributed by atoms with Gasteiger partial charge in [-0.2, -0.15) is 0 Å². The molecule has 2 N–H and O–H groups in total. The van der Waals surface area contributed by atoms with Crippen LogP contribution < -0.4 is 5.32 Å². The van der Waals surface area contributed by atoms with Crippen molar-refractivity contribution in [1.82, 2.24) is 24.9 Å². The van der Waals surface area contributed by atoms with E-state index in [1.807, 2.05) is 6.92 Å². The normalized spacial score (nSPS) is 21.7. The van der Waals surface area contributed by atoms with Crippen molar-refractivity contribution in [3.05, 3.63) is 23.8 Å².